The predicted molar refractivity (Wildman–Crippen MR) is 74.1 cm³/mol. The lowest BCUT2D eigenvalue weighted by molar-refractivity contribution is -0.136. The van der Waals surface area contributed by atoms with Crippen molar-refractivity contribution in [2.75, 3.05) is 26.4 Å². The van der Waals surface area contributed by atoms with Crippen LogP contribution < -0.4 is 0 Å². The van der Waals surface area contributed by atoms with E-state index in [0.717, 1.165) is 38.8 Å². The number of likely N-dealkylation sites (tertiary alicyclic amines) is 1. The summed E-state index contributed by atoms with van der Waals surface area (Å²) in [6.45, 7) is 5.14. The highest BCUT2D eigenvalue weighted by molar-refractivity contribution is 5.76. The first-order valence-corrected chi connectivity index (χ1v) is 7.80. The van der Waals surface area contributed by atoms with E-state index in [1.54, 1.807) is 0 Å². The van der Waals surface area contributed by atoms with Crippen molar-refractivity contribution in [2.45, 2.75) is 64.0 Å². The summed E-state index contributed by atoms with van der Waals surface area (Å²) in [6, 6.07) is 0.458. The van der Waals surface area contributed by atoms with E-state index >= 15 is 0 Å². The van der Waals surface area contributed by atoms with Crippen LogP contribution in [-0.4, -0.2) is 49.3 Å². The average Bonchev–Trinajstić information content (AvgIpc) is 2.96. The lowest BCUT2D eigenvalue weighted by Crippen LogP contribution is -2.43. The number of nitrogens with zero attached hydrogens (tertiary/aromatic N) is 1. The van der Waals surface area contributed by atoms with Crippen molar-refractivity contribution in [1.82, 2.24) is 4.90 Å². The van der Waals surface area contributed by atoms with E-state index in [1.807, 2.05) is 0 Å². The molecular weight excluding hydrogens is 242 g/mol. The van der Waals surface area contributed by atoms with Gasteiger partial charge in [0.2, 0.25) is 5.91 Å². The van der Waals surface area contributed by atoms with Crippen LogP contribution in [0.15, 0.2) is 0 Å². The van der Waals surface area contributed by atoms with E-state index in [4.69, 9.17) is 9.47 Å². The van der Waals surface area contributed by atoms with Gasteiger partial charge in [0, 0.05) is 19.2 Å². The van der Waals surface area contributed by atoms with E-state index in [0.29, 0.717) is 25.7 Å². The molecule has 0 spiro atoms. The quantitative estimate of drug-likeness (QED) is 0.695. The smallest absolute Gasteiger partial charge is 0.225 e. The van der Waals surface area contributed by atoms with Gasteiger partial charge in [-0.1, -0.05) is 6.92 Å². The van der Waals surface area contributed by atoms with E-state index in [2.05, 4.69) is 11.8 Å². The Morgan fingerprint density at radius 2 is 2.21 bits per heavy atom. The maximum atomic E-state index is 12.2. The Morgan fingerprint density at radius 3 is 2.95 bits per heavy atom. The third-order valence-corrected chi connectivity index (χ3v) is 4.21. The Morgan fingerprint density at radius 1 is 1.32 bits per heavy atom. The van der Waals surface area contributed by atoms with Crippen LogP contribution in [0.2, 0.25) is 0 Å². The summed E-state index contributed by atoms with van der Waals surface area (Å²) in [5.74, 6) is 0.263. The Balaban J connectivity index is 1.62. The van der Waals surface area contributed by atoms with E-state index in [-0.39, 0.29) is 12.0 Å². The fraction of sp³-hybridized carbons (Fsp3) is 0.933. The van der Waals surface area contributed by atoms with Crippen molar-refractivity contribution in [3.63, 3.8) is 0 Å². The Kier molecular flexibility index (Phi) is 6.11. The summed E-state index contributed by atoms with van der Waals surface area (Å²) in [5.41, 5.74) is 0. The molecule has 0 bridgehead atoms. The van der Waals surface area contributed by atoms with Gasteiger partial charge < -0.3 is 14.4 Å². The first-order chi connectivity index (χ1) is 9.31. The lowest BCUT2D eigenvalue weighted by Gasteiger charge is -2.35. The standard InChI is InChI=1S/C15H27NO3/c1-2-13-6-3-4-9-16(13)15(17)8-11-18-12-14-7-5-10-19-14/h13-14H,2-12H2,1H3. The van der Waals surface area contributed by atoms with E-state index in [1.165, 1.54) is 12.8 Å². The van der Waals surface area contributed by atoms with Gasteiger partial charge in [0.05, 0.1) is 25.7 Å². The van der Waals surface area contributed by atoms with Gasteiger partial charge in [0.1, 0.15) is 0 Å². The Hall–Kier alpha value is -0.610. The third kappa shape index (κ3) is 4.46. The van der Waals surface area contributed by atoms with Crippen LogP contribution in [0.3, 0.4) is 0 Å². The molecule has 2 fully saturated rings. The molecule has 2 aliphatic rings. The van der Waals surface area contributed by atoms with Crippen molar-refractivity contribution >= 4 is 5.91 Å². The molecule has 110 valence electrons. The first-order valence-electron chi connectivity index (χ1n) is 7.80. The van der Waals surface area contributed by atoms with Gasteiger partial charge in [0.15, 0.2) is 0 Å². The summed E-state index contributed by atoms with van der Waals surface area (Å²) in [6.07, 6.45) is 7.66. The Bertz CT molecular complexity index is 277. The molecule has 0 aliphatic carbocycles. The monoisotopic (exact) mass is 269 g/mol. The van der Waals surface area contributed by atoms with Crippen LogP contribution in [0.25, 0.3) is 0 Å². The highest BCUT2D eigenvalue weighted by Gasteiger charge is 2.24. The molecule has 2 aliphatic heterocycles. The number of hydrogen-bond acceptors (Lipinski definition) is 3. The molecule has 2 atom stereocenters. The van der Waals surface area contributed by atoms with Crippen LogP contribution in [0, 0.1) is 0 Å². The number of carbonyl (C=O) groups is 1. The number of ether oxygens (including phenoxy) is 2. The summed E-state index contributed by atoms with van der Waals surface area (Å²) >= 11 is 0. The van der Waals surface area contributed by atoms with Gasteiger partial charge in [-0.25, -0.2) is 0 Å². The van der Waals surface area contributed by atoms with Crippen molar-refractivity contribution in [3.8, 4) is 0 Å². The summed E-state index contributed by atoms with van der Waals surface area (Å²) in [7, 11) is 0. The minimum Gasteiger partial charge on any atom is -0.378 e. The second-order valence-electron chi connectivity index (χ2n) is 5.60. The second kappa shape index (κ2) is 7.85. The fourth-order valence-corrected chi connectivity index (χ4v) is 3.05. The number of carbonyl (C=O) groups excluding carboxylic acids is 1. The normalized spacial score (nSPS) is 27.7. The van der Waals surface area contributed by atoms with Gasteiger partial charge in [-0.05, 0) is 38.5 Å². The minimum absolute atomic E-state index is 0.258. The zero-order chi connectivity index (χ0) is 13.5. The Labute approximate surface area is 116 Å². The van der Waals surface area contributed by atoms with Crippen molar-refractivity contribution in [2.24, 2.45) is 0 Å². The van der Waals surface area contributed by atoms with Crippen molar-refractivity contribution in [3.05, 3.63) is 0 Å². The van der Waals surface area contributed by atoms with Crippen LogP contribution in [0.4, 0.5) is 0 Å². The molecule has 2 unspecified atom stereocenters. The molecule has 4 nitrogen and oxygen atoms in total. The van der Waals surface area contributed by atoms with Gasteiger partial charge in [-0.3, -0.25) is 4.79 Å². The molecule has 0 saturated carbocycles. The maximum absolute atomic E-state index is 12.2. The molecule has 1 amide bonds. The van der Waals surface area contributed by atoms with Gasteiger partial charge >= 0.3 is 0 Å². The van der Waals surface area contributed by atoms with Gasteiger partial charge in [-0.2, -0.15) is 0 Å². The van der Waals surface area contributed by atoms with Gasteiger partial charge in [0.25, 0.3) is 0 Å². The lowest BCUT2D eigenvalue weighted by atomic mass is 10.00. The van der Waals surface area contributed by atoms with E-state index < -0.39 is 0 Å². The SMILES string of the molecule is CCC1CCCCN1C(=O)CCOCC1CCCO1. The molecule has 0 aromatic rings. The molecular formula is C15H27NO3. The molecule has 0 radical (unpaired) electrons. The fourth-order valence-electron chi connectivity index (χ4n) is 3.05. The number of hydrogen-bond donors (Lipinski definition) is 0. The zero-order valence-corrected chi connectivity index (χ0v) is 12.1. The highest BCUT2D eigenvalue weighted by atomic mass is 16.5. The molecule has 0 aromatic heterocycles. The topological polar surface area (TPSA) is 38.8 Å². The molecule has 2 rings (SSSR count). The first kappa shape index (κ1) is 14.8. The second-order valence-corrected chi connectivity index (χ2v) is 5.60. The maximum Gasteiger partial charge on any atom is 0.225 e. The summed E-state index contributed by atoms with van der Waals surface area (Å²) in [4.78, 5) is 14.2. The van der Waals surface area contributed by atoms with Gasteiger partial charge in [-0.15, -0.1) is 0 Å². The van der Waals surface area contributed by atoms with Crippen LogP contribution >= 0.6 is 0 Å². The van der Waals surface area contributed by atoms with E-state index in [9.17, 15) is 4.79 Å². The van der Waals surface area contributed by atoms with Crippen molar-refractivity contribution in [1.29, 1.82) is 0 Å². The molecule has 0 N–H and O–H groups in total. The zero-order valence-electron chi connectivity index (χ0n) is 12.1. The van der Waals surface area contributed by atoms with Crippen LogP contribution in [0.1, 0.15) is 51.9 Å². The molecule has 2 heterocycles. The molecule has 4 heteroatoms. The number of amides is 1. The highest BCUT2D eigenvalue weighted by Crippen LogP contribution is 2.20. The molecule has 19 heavy (non-hydrogen) atoms. The summed E-state index contributed by atoms with van der Waals surface area (Å²) < 4.78 is 11.1. The average molecular weight is 269 g/mol. The third-order valence-electron chi connectivity index (χ3n) is 4.21. The molecule has 2 saturated heterocycles. The van der Waals surface area contributed by atoms with Crippen molar-refractivity contribution < 1.29 is 14.3 Å². The molecule has 0 aromatic carbocycles. The largest absolute Gasteiger partial charge is 0.378 e. The minimum atomic E-state index is 0.258. The predicted octanol–water partition coefficient (Wildman–Crippen LogP) is 2.36. The van der Waals surface area contributed by atoms with Crippen LogP contribution in [0.5, 0.6) is 0 Å². The number of piperidine rings is 1. The number of rotatable bonds is 6. The van der Waals surface area contributed by atoms with Crippen LogP contribution in [-0.2, 0) is 14.3 Å². The summed E-state index contributed by atoms with van der Waals surface area (Å²) in [5, 5.41) is 0.